The third-order valence-corrected chi connectivity index (χ3v) is 3.50. The molecule has 0 radical (unpaired) electrons. The molecule has 116 valence electrons. The number of anilines is 1. The van der Waals surface area contributed by atoms with Crippen LogP contribution in [-0.4, -0.2) is 11.7 Å². The number of Topliss-reactive ketones (excluding diaryl/α,β-unsaturated/α-hetero) is 1. The Labute approximate surface area is 128 Å². The Balaban J connectivity index is 2.42. The predicted octanol–water partition coefficient (Wildman–Crippen LogP) is 4.22. The fraction of sp³-hybridized carbons (Fsp3) is 0.556. The van der Waals surface area contributed by atoms with E-state index in [4.69, 9.17) is 0 Å². The second-order valence-corrected chi connectivity index (χ2v) is 6.17. The third kappa shape index (κ3) is 6.56. The van der Waals surface area contributed by atoms with Gasteiger partial charge in [0.1, 0.15) is 5.78 Å². The van der Waals surface area contributed by atoms with Gasteiger partial charge in [0.05, 0.1) is 0 Å². The maximum atomic E-state index is 11.7. The van der Waals surface area contributed by atoms with E-state index < -0.39 is 0 Å². The number of aryl methyl sites for hydroxylation is 1. The number of ketones is 1. The minimum absolute atomic E-state index is 0.0179. The number of nitrogens with one attached hydrogen (secondary N) is 1. The molecule has 0 spiro atoms. The van der Waals surface area contributed by atoms with Crippen molar-refractivity contribution >= 4 is 17.4 Å². The first-order valence-electron chi connectivity index (χ1n) is 7.82. The molecule has 1 rings (SSSR count). The van der Waals surface area contributed by atoms with Crippen molar-refractivity contribution in [2.24, 2.45) is 11.8 Å². The van der Waals surface area contributed by atoms with Crippen molar-refractivity contribution in [2.45, 2.75) is 53.4 Å². The summed E-state index contributed by atoms with van der Waals surface area (Å²) in [6, 6.07) is 7.95. The molecule has 1 N–H and O–H groups in total. The lowest BCUT2D eigenvalue weighted by molar-refractivity contribution is -0.122. The molecule has 0 saturated carbocycles. The average Bonchev–Trinajstić information content (AvgIpc) is 2.43. The molecule has 0 atom stereocenters. The summed E-state index contributed by atoms with van der Waals surface area (Å²) in [6.07, 6.45) is 3.54. The normalized spacial score (nSPS) is 11.0. The highest BCUT2D eigenvalue weighted by Crippen LogP contribution is 2.15. The van der Waals surface area contributed by atoms with Crippen molar-refractivity contribution in [3.8, 4) is 0 Å². The number of carbonyl (C=O) groups is 2. The zero-order valence-corrected chi connectivity index (χ0v) is 13.6. The van der Waals surface area contributed by atoms with Gasteiger partial charge in [-0.05, 0) is 37.0 Å². The van der Waals surface area contributed by atoms with E-state index in [2.05, 4.69) is 11.4 Å². The summed E-state index contributed by atoms with van der Waals surface area (Å²) in [5, 5.41) is 2.91. The zero-order valence-electron chi connectivity index (χ0n) is 13.6. The van der Waals surface area contributed by atoms with Crippen LogP contribution in [0.1, 0.15) is 52.5 Å². The van der Waals surface area contributed by atoms with E-state index >= 15 is 0 Å². The summed E-state index contributed by atoms with van der Waals surface area (Å²) < 4.78 is 0. The van der Waals surface area contributed by atoms with Gasteiger partial charge in [0.25, 0.3) is 0 Å². The summed E-state index contributed by atoms with van der Waals surface area (Å²) in [5.41, 5.74) is 2.05. The molecule has 0 unspecified atom stereocenters. The fourth-order valence-corrected chi connectivity index (χ4v) is 2.01. The predicted molar refractivity (Wildman–Crippen MR) is 87.3 cm³/mol. The third-order valence-electron chi connectivity index (χ3n) is 3.50. The quantitative estimate of drug-likeness (QED) is 0.728. The Morgan fingerprint density at radius 2 is 1.76 bits per heavy atom. The molecule has 0 aliphatic rings. The van der Waals surface area contributed by atoms with E-state index in [0.717, 1.165) is 24.9 Å². The van der Waals surface area contributed by atoms with Gasteiger partial charge in [-0.2, -0.15) is 0 Å². The molecule has 0 bridgehead atoms. The minimum Gasteiger partial charge on any atom is -0.326 e. The van der Waals surface area contributed by atoms with Crippen molar-refractivity contribution in [1.82, 2.24) is 0 Å². The number of amides is 1. The topological polar surface area (TPSA) is 46.2 Å². The molecular weight excluding hydrogens is 262 g/mol. The average molecular weight is 289 g/mol. The number of rotatable bonds is 8. The van der Waals surface area contributed by atoms with Crippen LogP contribution in [0, 0.1) is 11.8 Å². The molecular formula is C18H27NO2. The lowest BCUT2D eigenvalue weighted by Gasteiger charge is -2.09. The first-order chi connectivity index (χ1) is 9.90. The van der Waals surface area contributed by atoms with Gasteiger partial charge in [0.15, 0.2) is 0 Å². The largest absolute Gasteiger partial charge is 0.326 e. The van der Waals surface area contributed by atoms with Crippen LogP contribution in [0.15, 0.2) is 24.3 Å². The lowest BCUT2D eigenvalue weighted by Crippen LogP contribution is -2.17. The Morgan fingerprint density at radius 1 is 1.05 bits per heavy atom. The number of carbonyl (C=O) groups excluding carboxylic acids is 2. The first-order valence-corrected chi connectivity index (χ1v) is 7.82. The second-order valence-electron chi connectivity index (χ2n) is 6.17. The van der Waals surface area contributed by atoms with E-state index in [9.17, 15) is 9.59 Å². The van der Waals surface area contributed by atoms with Gasteiger partial charge in [-0.1, -0.05) is 39.8 Å². The van der Waals surface area contributed by atoms with Gasteiger partial charge in [0, 0.05) is 23.9 Å². The molecule has 0 aliphatic heterocycles. The van der Waals surface area contributed by atoms with Crippen molar-refractivity contribution in [3.63, 3.8) is 0 Å². The van der Waals surface area contributed by atoms with Crippen LogP contribution < -0.4 is 5.32 Å². The summed E-state index contributed by atoms with van der Waals surface area (Å²) in [6.45, 7) is 7.66. The summed E-state index contributed by atoms with van der Waals surface area (Å²) in [7, 11) is 0. The van der Waals surface area contributed by atoms with Gasteiger partial charge >= 0.3 is 0 Å². The van der Waals surface area contributed by atoms with E-state index in [1.807, 2.05) is 45.9 Å². The molecule has 21 heavy (non-hydrogen) atoms. The molecule has 1 aromatic carbocycles. The first kappa shape index (κ1) is 17.4. The van der Waals surface area contributed by atoms with Crippen molar-refractivity contribution in [3.05, 3.63) is 29.8 Å². The Kier molecular flexibility index (Phi) is 7.13. The fourth-order valence-electron chi connectivity index (χ4n) is 2.01. The van der Waals surface area contributed by atoms with Gasteiger partial charge in [0.2, 0.25) is 5.91 Å². The number of hydrogen-bond donors (Lipinski definition) is 1. The van der Waals surface area contributed by atoms with Gasteiger partial charge < -0.3 is 5.32 Å². The van der Waals surface area contributed by atoms with E-state index in [1.54, 1.807) is 0 Å². The van der Waals surface area contributed by atoms with E-state index in [-0.39, 0.29) is 17.7 Å². The second kappa shape index (κ2) is 8.60. The maximum Gasteiger partial charge on any atom is 0.226 e. The van der Waals surface area contributed by atoms with Crippen LogP contribution in [0.3, 0.4) is 0 Å². The van der Waals surface area contributed by atoms with Gasteiger partial charge in [-0.3, -0.25) is 9.59 Å². The summed E-state index contributed by atoms with van der Waals surface area (Å²) in [5.74, 6) is 0.498. The lowest BCUT2D eigenvalue weighted by atomic mass is 10.0. The molecule has 1 amide bonds. The molecule has 0 heterocycles. The minimum atomic E-state index is -0.0179. The number of unbranched alkanes of at least 4 members (excludes halogenated alkanes) is 1. The monoisotopic (exact) mass is 289 g/mol. The molecule has 3 nitrogen and oxygen atoms in total. The van der Waals surface area contributed by atoms with Gasteiger partial charge in [-0.15, -0.1) is 0 Å². The molecule has 1 aromatic rings. The van der Waals surface area contributed by atoms with E-state index in [0.29, 0.717) is 12.2 Å². The molecule has 0 fully saturated rings. The van der Waals surface area contributed by atoms with Crippen LogP contribution in [-0.2, 0) is 16.0 Å². The van der Waals surface area contributed by atoms with Crippen LogP contribution >= 0.6 is 0 Å². The standard InChI is InChI=1S/C18H27NO2/c1-13(2)17(20)11-6-5-8-15-9-7-10-16(12-15)19-18(21)14(3)4/h7,9-10,12-14H,5-6,8,11H2,1-4H3,(H,19,21). The highest BCUT2D eigenvalue weighted by atomic mass is 16.1. The van der Waals surface area contributed by atoms with Crippen LogP contribution in [0.2, 0.25) is 0 Å². The highest BCUT2D eigenvalue weighted by molar-refractivity contribution is 5.92. The molecule has 0 aromatic heterocycles. The zero-order chi connectivity index (χ0) is 15.8. The van der Waals surface area contributed by atoms with Crippen LogP contribution in [0.25, 0.3) is 0 Å². The Morgan fingerprint density at radius 3 is 2.38 bits per heavy atom. The SMILES string of the molecule is CC(C)C(=O)CCCCc1cccc(NC(=O)C(C)C)c1. The molecule has 3 heteroatoms. The highest BCUT2D eigenvalue weighted by Gasteiger charge is 2.08. The Bertz CT molecular complexity index is 478. The van der Waals surface area contributed by atoms with Gasteiger partial charge in [-0.25, -0.2) is 0 Å². The van der Waals surface area contributed by atoms with Crippen molar-refractivity contribution in [2.75, 3.05) is 5.32 Å². The number of benzene rings is 1. The summed E-state index contributed by atoms with van der Waals surface area (Å²) in [4.78, 5) is 23.2. The smallest absolute Gasteiger partial charge is 0.226 e. The van der Waals surface area contributed by atoms with Crippen LogP contribution in [0.5, 0.6) is 0 Å². The van der Waals surface area contributed by atoms with Crippen LogP contribution in [0.4, 0.5) is 5.69 Å². The maximum absolute atomic E-state index is 11.7. The van der Waals surface area contributed by atoms with E-state index in [1.165, 1.54) is 5.56 Å². The van der Waals surface area contributed by atoms with Crippen molar-refractivity contribution in [1.29, 1.82) is 0 Å². The summed E-state index contributed by atoms with van der Waals surface area (Å²) >= 11 is 0. The Hall–Kier alpha value is -1.64. The number of hydrogen-bond acceptors (Lipinski definition) is 2. The molecule has 0 aliphatic carbocycles. The van der Waals surface area contributed by atoms with Crippen molar-refractivity contribution < 1.29 is 9.59 Å². The molecule has 0 saturated heterocycles.